The van der Waals surface area contributed by atoms with Crippen molar-refractivity contribution in [3.05, 3.63) is 71.4 Å². The van der Waals surface area contributed by atoms with Crippen molar-refractivity contribution >= 4 is 57.7 Å². The van der Waals surface area contributed by atoms with E-state index in [-0.39, 0.29) is 23.1 Å². The van der Waals surface area contributed by atoms with Crippen LogP contribution in [0.5, 0.6) is 0 Å². The number of hydrogen-bond acceptors (Lipinski definition) is 4. The van der Waals surface area contributed by atoms with Gasteiger partial charge in [-0.1, -0.05) is 30.3 Å². The molecular weight excluding hydrogens is 412 g/mol. The standard InChI is InChI=1S/C23H20N4O3S/c1-14-6-5-7-16(10-14)24-20(28)13-27-12-15(17-8-3-4-9-19(17)27)11-18-21(29)25-23(31)26(2)22(18)30/h3-12H,13H2,1-2H3,(H,24,28)(H,25,29,31)/b18-11+. The predicted octanol–water partition coefficient (Wildman–Crippen LogP) is 2.84. The smallest absolute Gasteiger partial charge is 0.265 e. The lowest BCUT2D eigenvalue weighted by molar-refractivity contribution is -0.128. The van der Waals surface area contributed by atoms with Crippen LogP contribution in [-0.4, -0.2) is 39.3 Å². The molecule has 1 fully saturated rings. The number of anilines is 1. The lowest BCUT2D eigenvalue weighted by Crippen LogP contribution is -2.52. The van der Waals surface area contributed by atoms with Crippen molar-refractivity contribution in [1.82, 2.24) is 14.8 Å². The monoisotopic (exact) mass is 432 g/mol. The summed E-state index contributed by atoms with van der Waals surface area (Å²) < 4.78 is 1.80. The molecule has 0 radical (unpaired) electrons. The van der Waals surface area contributed by atoms with Crippen molar-refractivity contribution in [3.63, 3.8) is 0 Å². The molecule has 7 nitrogen and oxygen atoms in total. The van der Waals surface area contributed by atoms with Crippen LogP contribution in [0.1, 0.15) is 11.1 Å². The first-order valence-electron chi connectivity index (χ1n) is 9.63. The zero-order chi connectivity index (χ0) is 22.1. The number of amides is 3. The molecule has 3 amide bonds. The number of carbonyl (C=O) groups is 3. The quantitative estimate of drug-likeness (QED) is 0.377. The molecule has 1 aromatic heterocycles. The number of aromatic nitrogens is 1. The van der Waals surface area contributed by atoms with Gasteiger partial charge in [-0.25, -0.2) is 0 Å². The lowest BCUT2D eigenvalue weighted by Gasteiger charge is -2.24. The van der Waals surface area contributed by atoms with E-state index in [2.05, 4.69) is 10.6 Å². The molecule has 0 unspecified atom stereocenters. The lowest BCUT2D eigenvalue weighted by atomic mass is 10.1. The fourth-order valence-corrected chi connectivity index (χ4v) is 3.68. The Hall–Kier alpha value is -3.78. The molecule has 0 aliphatic carbocycles. The average molecular weight is 433 g/mol. The number of aryl methyl sites for hydroxylation is 1. The summed E-state index contributed by atoms with van der Waals surface area (Å²) in [6.07, 6.45) is 3.30. The molecule has 1 saturated heterocycles. The van der Waals surface area contributed by atoms with Gasteiger partial charge in [-0.05, 0) is 49.0 Å². The van der Waals surface area contributed by atoms with Crippen molar-refractivity contribution < 1.29 is 14.4 Å². The van der Waals surface area contributed by atoms with Crippen LogP contribution in [0.4, 0.5) is 5.69 Å². The summed E-state index contributed by atoms with van der Waals surface area (Å²) in [6, 6.07) is 15.1. The third-order valence-corrected chi connectivity index (χ3v) is 5.42. The van der Waals surface area contributed by atoms with Crippen LogP contribution in [0.3, 0.4) is 0 Å². The highest BCUT2D eigenvalue weighted by molar-refractivity contribution is 7.80. The van der Waals surface area contributed by atoms with Gasteiger partial charge in [0.2, 0.25) is 5.91 Å². The molecule has 1 aliphatic heterocycles. The summed E-state index contributed by atoms with van der Waals surface area (Å²) in [5.41, 5.74) is 3.26. The number of nitrogens with zero attached hydrogens (tertiary/aromatic N) is 2. The molecule has 156 valence electrons. The summed E-state index contributed by atoms with van der Waals surface area (Å²) in [7, 11) is 1.51. The van der Waals surface area contributed by atoms with E-state index in [1.807, 2.05) is 55.5 Å². The van der Waals surface area contributed by atoms with Crippen molar-refractivity contribution in [2.45, 2.75) is 13.5 Å². The highest BCUT2D eigenvalue weighted by atomic mass is 32.1. The Morgan fingerprint density at radius 1 is 1.16 bits per heavy atom. The first-order valence-corrected chi connectivity index (χ1v) is 10.0. The third-order valence-electron chi connectivity index (χ3n) is 5.04. The number of thiocarbonyl (C=S) groups is 1. The fraction of sp³-hybridized carbons (Fsp3) is 0.130. The van der Waals surface area contributed by atoms with Gasteiger partial charge < -0.3 is 9.88 Å². The van der Waals surface area contributed by atoms with Crippen molar-refractivity contribution in [3.8, 4) is 0 Å². The van der Waals surface area contributed by atoms with Crippen molar-refractivity contribution in [2.24, 2.45) is 0 Å². The second-order valence-electron chi connectivity index (χ2n) is 7.33. The molecule has 0 bridgehead atoms. The van der Waals surface area contributed by atoms with Gasteiger partial charge >= 0.3 is 0 Å². The maximum atomic E-state index is 12.6. The fourth-order valence-electron chi connectivity index (χ4n) is 3.50. The molecule has 0 saturated carbocycles. The van der Waals surface area contributed by atoms with Gasteiger partial charge in [0.1, 0.15) is 12.1 Å². The maximum Gasteiger partial charge on any atom is 0.265 e. The van der Waals surface area contributed by atoms with E-state index in [4.69, 9.17) is 12.2 Å². The molecule has 8 heteroatoms. The van der Waals surface area contributed by atoms with Gasteiger partial charge in [0.05, 0.1) is 0 Å². The van der Waals surface area contributed by atoms with Gasteiger partial charge in [-0.2, -0.15) is 0 Å². The molecule has 0 spiro atoms. The number of para-hydroxylation sites is 1. The Morgan fingerprint density at radius 2 is 1.94 bits per heavy atom. The van der Waals surface area contributed by atoms with Crippen LogP contribution in [0.15, 0.2) is 60.3 Å². The van der Waals surface area contributed by atoms with Gasteiger partial charge in [0.15, 0.2) is 5.11 Å². The first-order chi connectivity index (χ1) is 14.8. The Bertz CT molecular complexity index is 1270. The van der Waals surface area contributed by atoms with Crippen LogP contribution in [0, 0.1) is 6.92 Å². The minimum atomic E-state index is -0.540. The molecule has 2 heterocycles. The van der Waals surface area contributed by atoms with E-state index in [0.29, 0.717) is 5.56 Å². The Labute approximate surface area is 184 Å². The van der Waals surface area contributed by atoms with Crippen LogP contribution >= 0.6 is 12.2 Å². The number of nitrogens with one attached hydrogen (secondary N) is 2. The summed E-state index contributed by atoms with van der Waals surface area (Å²) in [6.45, 7) is 2.05. The van der Waals surface area contributed by atoms with Crippen molar-refractivity contribution in [1.29, 1.82) is 0 Å². The Kier molecular flexibility index (Phi) is 5.39. The number of hydrogen-bond donors (Lipinski definition) is 2. The van der Waals surface area contributed by atoms with E-state index in [9.17, 15) is 14.4 Å². The van der Waals surface area contributed by atoms with Crippen LogP contribution < -0.4 is 10.6 Å². The van der Waals surface area contributed by atoms with E-state index in [1.165, 1.54) is 18.0 Å². The van der Waals surface area contributed by atoms with E-state index < -0.39 is 11.8 Å². The molecule has 0 atom stereocenters. The number of fused-ring (bicyclic) bond motifs is 1. The number of rotatable bonds is 4. The zero-order valence-electron chi connectivity index (χ0n) is 17.0. The number of carbonyl (C=O) groups excluding carboxylic acids is 3. The topological polar surface area (TPSA) is 83.4 Å². The van der Waals surface area contributed by atoms with Crippen LogP contribution in [0.2, 0.25) is 0 Å². The first kappa shape index (κ1) is 20.5. The largest absolute Gasteiger partial charge is 0.337 e. The van der Waals surface area contributed by atoms with E-state index in [1.54, 1.807) is 10.8 Å². The summed E-state index contributed by atoms with van der Waals surface area (Å²) >= 11 is 4.99. The molecular formula is C23H20N4O3S. The highest BCUT2D eigenvalue weighted by Gasteiger charge is 2.31. The van der Waals surface area contributed by atoms with E-state index >= 15 is 0 Å². The summed E-state index contributed by atoms with van der Waals surface area (Å²) in [4.78, 5) is 38.7. The van der Waals surface area contributed by atoms with Gasteiger partial charge in [-0.15, -0.1) is 0 Å². The average Bonchev–Trinajstić information content (AvgIpc) is 3.07. The predicted molar refractivity (Wildman–Crippen MR) is 123 cm³/mol. The van der Waals surface area contributed by atoms with Gasteiger partial charge in [0, 0.05) is 35.4 Å². The summed E-state index contributed by atoms with van der Waals surface area (Å²) in [5, 5.41) is 6.30. The number of benzene rings is 2. The molecule has 2 N–H and O–H groups in total. The Balaban J connectivity index is 1.66. The molecule has 3 aromatic rings. The van der Waals surface area contributed by atoms with E-state index in [0.717, 1.165) is 22.2 Å². The summed E-state index contributed by atoms with van der Waals surface area (Å²) in [5.74, 6) is -1.19. The minimum absolute atomic E-state index is 0.0109. The normalized spacial score (nSPS) is 15.5. The van der Waals surface area contributed by atoms with Gasteiger partial charge in [0.25, 0.3) is 11.8 Å². The molecule has 1 aliphatic rings. The highest BCUT2D eigenvalue weighted by Crippen LogP contribution is 2.25. The maximum absolute atomic E-state index is 12.6. The van der Waals surface area contributed by atoms with Crippen LogP contribution in [-0.2, 0) is 20.9 Å². The zero-order valence-corrected chi connectivity index (χ0v) is 17.8. The van der Waals surface area contributed by atoms with Crippen LogP contribution in [0.25, 0.3) is 17.0 Å². The molecule has 2 aromatic carbocycles. The third kappa shape index (κ3) is 4.10. The molecule has 31 heavy (non-hydrogen) atoms. The number of likely N-dealkylation sites (N-methyl/N-ethyl adjacent to an activating group) is 1. The van der Waals surface area contributed by atoms with Crippen molar-refractivity contribution in [2.75, 3.05) is 12.4 Å². The SMILES string of the molecule is Cc1cccc(NC(=O)Cn2cc(/C=C3\C(=O)NC(=S)N(C)C3=O)c3ccccc32)c1. The second kappa shape index (κ2) is 8.16. The minimum Gasteiger partial charge on any atom is -0.337 e. The Morgan fingerprint density at radius 3 is 2.71 bits per heavy atom. The molecule has 4 rings (SSSR count). The van der Waals surface area contributed by atoms with Gasteiger partial charge in [-0.3, -0.25) is 24.6 Å². The second-order valence-corrected chi connectivity index (χ2v) is 7.72.